The number of alkyl halides is 1. The number of carbonyl (C=O) groups is 1. The minimum atomic E-state index is -0.313. The maximum Gasteiger partial charge on any atom is 0.154 e. The predicted octanol–water partition coefficient (Wildman–Crippen LogP) is 1.13. The Labute approximate surface area is 72.5 Å². The zero-order chi connectivity index (χ0) is 8.43. The molecular formula is C8H14ClNO. The molecule has 1 aliphatic rings. The van der Waals surface area contributed by atoms with Gasteiger partial charge in [-0.1, -0.05) is 0 Å². The van der Waals surface area contributed by atoms with Gasteiger partial charge in [-0.25, -0.2) is 0 Å². The molecule has 0 spiro atoms. The van der Waals surface area contributed by atoms with Crippen molar-refractivity contribution in [2.24, 2.45) is 5.92 Å². The summed E-state index contributed by atoms with van der Waals surface area (Å²) >= 11 is 5.69. The number of rotatable bonds is 2. The highest BCUT2D eigenvalue weighted by Crippen LogP contribution is 2.18. The van der Waals surface area contributed by atoms with Crippen molar-refractivity contribution in [3.63, 3.8) is 0 Å². The van der Waals surface area contributed by atoms with Crippen molar-refractivity contribution in [1.82, 2.24) is 4.90 Å². The molecule has 11 heavy (non-hydrogen) atoms. The molecule has 3 heteroatoms. The van der Waals surface area contributed by atoms with E-state index in [1.807, 2.05) is 7.05 Å². The molecule has 0 aliphatic carbocycles. The summed E-state index contributed by atoms with van der Waals surface area (Å²) in [4.78, 5) is 13.5. The van der Waals surface area contributed by atoms with Crippen molar-refractivity contribution >= 4 is 17.4 Å². The predicted molar refractivity (Wildman–Crippen MR) is 45.9 cm³/mol. The number of hydrogen-bond donors (Lipinski definition) is 0. The van der Waals surface area contributed by atoms with Crippen LogP contribution in [0.15, 0.2) is 0 Å². The molecular weight excluding hydrogens is 162 g/mol. The zero-order valence-corrected chi connectivity index (χ0v) is 7.77. The summed E-state index contributed by atoms with van der Waals surface area (Å²) in [7, 11) is 2.03. The lowest BCUT2D eigenvalue weighted by Gasteiger charge is -2.09. The number of ketones is 1. The Hall–Kier alpha value is -0.0800. The Morgan fingerprint density at radius 1 is 1.73 bits per heavy atom. The van der Waals surface area contributed by atoms with Crippen LogP contribution in [-0.4, -0.2) is 36.2 Å². The van der Waals surface area contributed by atoms with Crippen LogP contribution in [0.5, 0.6) is 0 Å². The third-order valence-electron chi connectivity index (χ3n) is 2.19. The maximum atomic E-state index is 11.3. The van der Waals surface area contributed by atoms with Crippen LogP contribution in [0, 0.1) is 5.92 Å². The van der Waals surface area contributed by atoms with Gasteiger partial charge in [-0.05, 0) is 26.9 Å². The smallest absolute Gasteiger partial charge is 0.154 e. The molecule has 2 unspecified atom stereocenters. The van der Waals surface area contributed by atoms with Gasteiger partial charge in [-0.2, -0.15) is 0 Å². The molecule has 1 aliphatic heterocycles. The van der Waals surface area contributed by atoms with Crippen LogP contribution in [-0.2, 0) is 4.79 Å². The van der Waals surface area contributed by atoms with Gasteiger partial charge in [0, 0.05) is 12.5 Å². The summed E-state index contributed by atoms with van der Waals surface area (Å²) in [5.74, 6) is 0.392. The first-order valence-electron chi connectivity index (χ1n) is 3.97. The standard InChI is InChI=1S/C8H14ClNO/c1-6(9)8(11)7-3-4-10(2)5-7/h6-7H,3-5H2,1-2H3. The number of Topliss-reactive ketones (excluding diaryl/α,β-unsaturated/α-hetero) is 1. The lowest BCUT2D eigenvalue weighted by molar-refractivity contribution is -0.121. The number of hydrogen-bond acceptors (Lipinski definition) is 2. The Balaban J connectivity index is 2.43. The van der Waals surface area contributed by atoms with Gasteiger partial charge < -0.3 is 4.90 Å². The van der Waals surface area contributed by atoms with Crippen molar-refractivity contribution in [1.29, 1.82) is 0 Å². The Kier molecular flexibility index (Phi) is 2.90. The van der Waals surface area contributed by atoms with Gasteiger partial charge in [0.25, 0.3) is 0 Å². The second-order valence-corrected chi connectivity index (χ2v) is 3.92. The number of halogens is 1. The molecule has 0 saturated carbocycles. The fraction of sp³-hybridized carbons (Fsp3) is 0.875. The van der Waals surface area contributed by atoms with Crippen LogP contribution >= 0.6 is 11.6 Å². The SMILES string of the molecule is CC(Cl)C(=O)C1CCN(C)C1. The van der Waals surface area contributed by atoms with E-state index in [1.54, 1.807) is 6.92 Å². The maximum absolute atomic E-state index is 11.3. The highest BCUT2D eigenvalue weighted by molar-refractivity contribution is 6.31. The van der Waals surface area contributed by atoms with Crippen LogP contribution in [0.4, 0.5) is 0 Å². The average Bonchev–Trinajstić information content (AvgIpc) is 2.34. The van der Waals surface area contributed by atoms with E-state index in [4.69, 9.17) is 11.6 Å². The first-order chi connectivity index (χ1) is 5.11. The average molecular weight is 176 g/mol. The molecule has 0 aromatic carbocycles. The van der Waals surface area contributed by atoms with Gasteiger partial charge in [-0.15, -0.1) is 11.6 Å². The Bertz CT molecular complexity index is 158. The summed E-state index contributed by atoms with van der Waals surface area (Å²) in [6.07, 6.45) is 0.979. The summed E-state index contributed by atoms with van der Waals surface area (Å²) in [5, 5.41) is -0.313. The molecule has 2 atom stereocenters. The minimum Gasteiger partial charge on any atom is -0.306 e. The Morgan fingerprint density at radius 3 is 2.73 bits per heavy atom. The molecule has 1 heterocycles. The van der Waals surface area contributed by atoms with Gasteiger partial charge in [0.1, 0.15) is 0 Å². The van der Waals surface area contributed by atoms with Crippen molar-refractivity contribution in [3.8, 4) is 0 Å². The minimum absolute atomic E-state index is 0.187. The Morgan fingerprint density at radius 2 is 2.36 bits per heavy atom. The van der Waals surface area contributed by atoms with Crippen molar-refractivity contribution in [3.05, 3.63) is 0 Å². The van der Waals surface area contributed by atoms with E-state index in [-0.39, 0.29) is 17.1 Å². The molecule has 0 bridgehead atoms. The van der Waals surface area contributed by atoms with Crippen LogP contribution in [0.3, 0.4) is 0 Å². The van der Waals surface area contributed by atoms with Crippen LogP contribution in [0.25, 0.3) is 0 Å². The molecule has 0 N–H and O–H groups in total. The zero-order valence-electron chi connectivity index (χ0n) is 7.01. The number of carbonyl (C=O) groups excluding carboxylic acids is 1. The van der Waals surface area contributed by atoms with E-state index in [2.05, 4.69) is 4.90 Å². The van der Waals surface area contributed by atoms with Crippen molar-refractivity contribution in [2.45, 2.75) is 18.7 Å². The van der Waals surface area contributed by atoms with E-state index in [0.717, 1.165) is 19.5 Å². The third-order valence-corrected chi connectivity index (χ3v) is 2.40. The number of likely N-dealkylation sites (tertiary alicyclic amines) is 1. The van der Waals surface area contributed by atoms with E-state index in [1.165, 1.54) is 0 Å². The molecule has 1 rings (SSSR count). The van der Waals surface area contributed by atoms with Crippen molar-refractivity contribution < 1.29 is 4.79 Å². The largest absolute Gasteiger partial charge is 0.306 e. The first kappa shape index (κ1) is 9.01. The monoisotopic (exact) mass is 175 g/mol. The van der Waals surface area contributed by atoms with Crippen LogP contribution < -0.4 is 0 Å². The third kappa shape index (κ3) is 2.17. The van der Waals surface area contributed by atoms with Crippen molar-refractivity contribution in [2.75, 3.05) is 20.1 Å². The molecule has 0 aromatic heterocycles. The lowest BCUT2D eigenvalue weighted by Crippen LogP contribution is -2.24. The van der Waals surface area contributed by atoms with Gasteiger partial charge in [-0.3, -0.25) is 4.79 Å². The quantitative estimate of drug-likeness (QED) is 0.587. The second-order valence-electron chi connectivity index (χ2n) is 3.27. The summed E-state index contributed by atoms with van der Waals surface area (Å²) < 4.78 is 0. The molecule has 1 fully saturated rings. The van der Waals surface area contributed by atoms with Gasteiger partial charge in [0.05, 0.1) is 5.38 Å². The summed E-state index contributed by atoms with van der Waals surface area (Å²) in [6.45, 7) is 3.66. The van der Waals surface area contributed by atoms with Gasteiger partial charge in [0.2, 0.25) is 0 Å². The summed E-state index contributed by atoms with van der Waals surface area (Å²) in [5.41, 5.74) is 0. The molecule has 1 saturated heterocycles. The lowest BCUT2D eigenvalue weighted by atomic mass is 10.0. The van der Waals surface area contributed by atoms with E-state index < -0.39 is 0 Å². The van der Waals surface area contributed by atoms with E-state index in [0.29, 0.717) is 0 Å². The fourth-order valence-corrected chi connectivity index (χ4v) is 1.67. The summed E-state index contributed by atoms with van der Waals surface area (Å²) in [6, 6.07) is 0. The second kappa shape index (κ2) is 3.55. The number of nitrogens with zero attached hydrogens (tertiary/aromatic N) is 1. The molecule has 0 amide bonds. The first-order valence-corrected chi connectivity index (χ1v) is 4.41. The van der Waals surface area contributed by atoms with E-state index >= 15 is 0 Å². The molecule has 0 radical (unpaired) electrons. The van der Waals surface area contributed by atoms with E-state index in [9.17, 15) is 4.79 Å². The topological polar surface area (TPSA) is 20.3 Å². The van der Waals surface area contributed by atoms with Crippen LogP contribution in [0.1, 0.15) is 13.3 Å². The normalized spacial score (nSPS) is 28.8. The van der Waals surface area contributed by atoms with Gasteiger partial charge in [0.15, 0.2) is 5.78 Å². The van der Waals surface area contributed by atoms with Gasteiger partial charge >= 0.3 is 0 Å². The highest BCUT2D eigenvalue weighted by Gasteiger charge is 2.28. The highest BCUT2D eigenvalue weighted by atomic mass is 35.5. The molecule has 64 valence electrons. The van der Waals surface area contributed by atoms with Crippen LogP contribution in [0.2, 0.25) is 0 Å². The molecule has 2 nitrogen and oxygen atoms in total. The fourth-order valence-electron chi connectivity index (χ4n) is 1.49. The molecule has 0 aromatic rings.